The Morgan fingerprint density at radius 1 is 1.27 bits per heavy atom. The lowest BCUT2D eigenvalue weighted by Gasteiger charge is -2.17. The smallest absolute Gasteiger partial charge is 0.243 e. The van der Waals surface area contributed by atoms with E-state index in [1.54, 1.807) is 48.8 Å². The lowest BCUT2D eigenvalue weighted by molar-refractivity contribution is -0.118. The van der Waals surface area contributed by atoms with Gasteiger partial charge in [-0.3, -0.25) is 9.78 Å². The zero-order valence-corrected chi connectivity index (χ0v) is 15.4. The van der Waals surface area contributed by atoms with Gasteiger partial charge in [-0.1, -0.05) is 17.7 Å². The molecule has 0 unspecified atom stereocenters. The van der Waals surface area contributed by atoms with Crippen LogP contribution in [0.5, 0.6) is 0 Å². The Labute approximate surface area is 153 Å². The van der Waals surface area contributed by atoms with E-state index in [0.717, 1.165) is 18.4 Å². The number of aromatic nitrogens is 1. The van der Waals surface area contributed by atoms with Gasteiger partial charge in [-0.25, -0.2) is 8.42 Å². The molecule has 1 aliphatic carbocycles. The molecule has 136 valence electrons. The van der Waals surface area contributed by atoms with Crippen LogP contribution in [-0.2, 0) is 14.8 Å². The van der Waals surface area contributed by atoms with Crippen molar-refractivity contribution in [1.82, 2.24) is 9.29 Å². The van der Waals surface area contributed by atoms with Crippen LogP contribution in [0.15, 0.2) is 53.7 Å². The molecule has 2 fully saturated rings. The Bertz CT molecular complexity index is 928. The second kappa shape index (κ2) is 6.17. The summed E-state index contributed by atoms with van der Waals surface area (Å²) in [4.78, 5) is 16.8. The van der Waals surface area contributed by atoms with Crippen molar-refractivity contribution in [1.29, 1.82) is 0 Å². The molecular weight excluding hydrogens is 350 g/mol. The minimum absolute atomic E-state index is 0.0485. The third-order valence-corrected chi connectivity index (χ3v) is 7.30. The van der Waals surface area contributed by atoms with Gasteiger partial charge in [-0.15, -0.1) is 0 Å². The fourth-order valence-corrected chi connectivity index (χ4v) is 5.29. The fourth-order valence-electron chi connectivity index (χ4n) is 3.76. The molecule has 1 aromatic carbocycles. The van der Waals surface area contributed by atoms with Crippen LogP contribution in [0, 0.1) is 18.3 Å². The second-order valence-corrected chi connectivity index (χ2v) is 9.19. The van der Waals surface area contributed by atoms with Crippen molar-refractivity contribution >= 4 is 21.6 Å². The average Bonchev–Trinajstić information content (AvgIpc) is 3.15. The van der Waals surface area contributed by atoms with Crippen molar-refractivity contribution < 1.29 is 13.2 Å². The number of nitrogens with zero attached hydrogens (tertiary/aromatic N) is 2. The van der Waals surface area contributed by atoms with Crippen LogP contribution >= 0.6 is 0 Å². The van der Waals surface area contributed by atoms with Crippen LogP contribution in [0.25, 0.3) is 0 Å². The Morgan fingerprint density at radius 3 is 2.73 bits per heavy atom. The predicted molar refractivity (Wildman–Crippen MR) is 98.0 cm³/mol. The number of pyridine rings is 1. The first kappa shape index (κ1) is 17.2. The maximum absolute atomic E-state index is 12.8. The number of hydrogen-bond acceptors (Lipinski definition) is 4. The number of anilines is 1. The van der Waals surface area contributed by atoms with Crippen molar-refractivity contribution in [3.8, 4) is 0 Å². The lowest BCUT2D eigenvalue weighted by Crippen LogP contribution is -2.30. The predicted octanol–water partition coefficient (Wildman–Crippen LogP) is 2.43. The molecule has 2 atom stereocenters. The number of sulfonamides is 1. The van der Waals surface area contributed by atoms with Gasteiger partial charge >= 0.3 is 0 Å². The Hall–Kier alpha value is -2.25. The molecule has 7 heteroatoms. The number of benzene rings is 1. The van der Waals surface area contributed by atoms with Crippen LogP contribution < -0.4 is 5.32 Å². The quantitative estimate of drug-likeness (QED) is 0.895. The molecule has 26 heavy (non-hydrogen) atoms. The highest BCUT2D eigenvalue weighted by atomic mass is 32.2. The monoisotopic (exact) mass is 371 g/mol. The number of amides is 1. The minimum Gasteiger partial charge on any atom is -0.324 e. The maximum Gasteiger partial charge on any atom is 0.243 e. The lowest BCUT2D eigenvalue weighted by atomic mass is 10.0. The van der Waals surface area contributed by atoms with E-state index < -0.39 is 10.0 Å². The number of nitrogens with one attached hydrogen (secondary N) is 1. The van der Waals surface area contributed by atoms with E-state index >= 15 is 0 Å². The van der Waals surface area contributed by atoms with Crippen molar-refractivity contribution in [2.75, 3.05) is 18.4 Å². The van der Waals surface area contributed by atoms with E-state index in [9.17, 15) is 13.2 Å². The molecule has 0 bridgehead atoms. The Morgan fingerprint density at radius 2 is 2.04 bits per heavy atom. The summed E-state index contributed by atoms with van der Waals surface area (Å²) < 4.78 is 27.2. The van der Waals surface area contributed by atoms with Gasteiger partial charge in [0.25, 0.3) is 0 Å². The summed E-state index contributed by atoms with van der Waals surface area (Å²) in [6.07, 6.45) is 4.72. The molecular formula is C19H21N3O3S. The third-order valence-electron chi connectivity index (χ3n) is 5.44. The highest BCUT2D eigenvalue weighted by Crippen LogP contribution is 2.59. The van der Waals surface area contributed by atoms with Crippen LogP contribution in [-0.4, -0.2) is 36.7 Å². The highest BCUT2D eigenvalue weighted by Gasteiger charge is 2.62. The van der Waals surface area contributed by atoms with Gasteiger partial charge in [0.15, 0.2) is 0 Å². The fraction of sp³-hybridized carbons (Fsp3) is 0.368. The summed E-state index contributed by atoms with van der Waals surface area (Å²) in [5.74, 6) is -0.187. The summed E-state index contributed by atoms with van der Waals surface area (Å²) in [6.45, 7) is 2.80. The van der Waals surface area contributed by atoms with E-state index in [4.69, 9.17) is 0 Å². The molecule has 2 aliphatic rings. The van der Waals surface area contributed by atoms with E-state index in [-0.39, 0.29) is 17.2 Å². The molecule has 0 radical (unpaired) electrons. The van der Waals surface area contributed by atoms with Gasteiger partial charge in [-0.2, -0.15) is 4.31 Å². The van der Waals surface area contributed by atoms with E-state index in [1.165, 1.54) is 4.31 Å². The molecule has 6 nitrogen and oxygen atoms in total. The standard InChI is InChI=1S/C19H21N3O3S/c1-14-4-6-16(7-5-14)26(24,25)22-10-8-19(13-22)11-17(19)18(23)21-15-3-2-9-20-12-15/h2-7,9,12,17H,8,10-11,13H2,1H3,(H,21,23)/t17-,19-/m1/s1. The summed E-state index contributed by atoms with van der Waals surface area (Å²) in [7, 11) is -3.50. The number of hydrogen-bond donors (Lipinski definition) is 1. The van der Waals surface area contributed by atoms with E-state index in [1.807, 2.05) is 6.92 Å². The SMILES string of the molecule is Cc1ccc(S(=O)(=O)N2CC[C@@]3(C[C@@H]3C(=O)Nc3cccnc3)C2)cc1. The molecule has 1 N–H and O–H groups in total. The molecule has 1 saturated heterocycles. The van der Waals surface area contributed by atoms with Gasteiger partial charge in [0.1, 0.15) is 0 Å². The van der Waals surface area contributed by atoms with Crippen LogP contribution in [0.4, 0.5) is 5.69 Å². The van der Waals surface area contributed by atoms with Gasteiger partial charge in [0.2, 0.25) is 15.9 Å². The van der Waals surface area contributed by atoms with Gasteiger partial charge < -0.3 is 5.32 Å². The first-order chi connectivity index (χ1) is 12.4. The van der Waals surface area contributed by atoms with Crippen molar-refractivity contribution in [3.63, 3.8) is 0 Å². The third kappa shape index (κ3) is 3.01. The van der Waals surface area contributed by atoms with Crippen molar-refractivity contribution in [2.45, 2.75) is 24.7 Å². The Kier molecular flexibility index (Phi) is 4.08. The highest BCUT2D eigenvalue weighted by molar-refractivity contribution is 7.89. The number of aryl methyl sites for hydroxylation is 1. The maximum atomic E-state index is 12.8. The topological polar surface area (TPSA) is 79.4 Å². The molecule has 1 aromatic heterocycles. The van der Waals surface area contributed by atoms with Crippen LogP contribution in [0.1, 0.15) is 18.4 Å². The normalized spacial score (nSPS) is 25.3. The Balaban J connectivity index is 1.44. The first-order valence-corrected chi connectivity index (χ1v) is 10.1. The number of carbonyl (C=O) groups is 1. The van der Waals surface area contributed by atoms with Gasteiger partial charge in [0.05, 0.1) is 16.8 Å². The molecule has 1 saturated carbocycles. The summed E-state index contributed by atoms with van der Waals surface area (Å²) >= 11 is 0. The largest absolute Gasteiger partial charge is 0.324 e. The second-order valence-electron chi connectivity index (χ2n) is 7.25. The molecule has 1 spiro atoms. The average molecular weight is 371 g/mol. The zero-order valence-electron chi connectivity index (χ0n) is 14.6. The van der Waals surface area contributed by atoms with Gasteiger partial charge in [-0.05, 0) is 49.4 Å². The summed E-state index contributed by atoms with van der Waals surface area (Å²) in [5, 5.41) is 2.88. The molecule has 1 aliphatic heterocycles. The van der Waals surface area contributed by atoms with Crippen LogP contribution in [0.2, 0.25) is 0 Å². The summed E-state index contributed by atoms with van der Waals surface area (Å²) in [5.41, 5.74) is 1.47. The molecule has 2 heterocycles. The van der Waals surface area contributed by atoms with Gasteiger partial charge in [0, 0.05) is 25.2 Å². The number of rotatable bonds is 4. The zero-order chi connectivity index (χ0) is 18.4. The number of carbonyl (C=O) groups excluding carboxylic acids is 1. The first-order valence-electron chi connectivity index (χ1n) is 8.68. The minimum atomic E-state index is -3.50. The summed E-state index contributed by atoms with van der Waals surface area (Å²) in [6, 6.07) is 10.5. The molecule has 4 rings (SSSR count). The van der Waals surface area contributed by atoms with Crippen molar-refractivity contribution in [2.24, 2.45) is 11.3 Å². The molecule has 2 aromatic rings. The van der Waals surface area contributed by atoms with Crippen molar-refractivity contribution in [3.05, 3.63) is 54.4 Å². The van der Waals surface area contributed by atoms with E-state index in [0.29, 0.717) is 23.7 Å². The molecule has 1 amide bonds. The van der Waals surface area contributed by atoms with E-state index in [2.05, 4.69) is 10.3 Å². The van der Waals surface area contributed by atoms with Crippen LogP contribution in [0.3, 0.4) is 0 Å².